The van der Waals surface area contributed by atoms with E-state index in [0.29, 0.717) is 38.2 Å². The van der Waals surface area contributed by atoms with Gasteiger partial charge >= 0.3 is 0 Å². The first-order chi connectivity index (χ1) is 8.72. The number of nitrogens with zero attached hydrogens (tertiary/aromatic N) is 2. The van der Waals surface area contributed by atoms with Gasteiger partial charge in [0.1, 0.15) is 0 Å². The highest BCUT2D eigenvalue weighted by Gasteiger charge is 2.21. The summed E-state index contributed by atoms with van der Waals surface area (Å²) in [4.78, 5) is 4.25. The van der Waals surface area contributed by atoms with Crippen LogP contribution >= 0.6 is 0 Å². The molecule has 102 valence electrons. The molecule has 1 aromatic rings. The standard InChI is InChI=1S/C13H23N3O2/c1-10(2)12(5-14)13-6-15-9-16(13)7-11-8-17-3-4-18-11/h6,9-12H,3-5,7-8,14H2,1-2H3. The molecule has 5 nitrogen and oxygen atoms in total. The molecule has 0 aromatic carbocycles. The van der Waals surface area contributed by atoms with Gasteiger partial charge in [-0.25, -0.2) is 4.98 Å². The van der Waals surface area contributed by atoms with Crippen molar-refractivity contribution in [2.45, 2.75) is 32.4 Å². The molecule has 2 N–H and O–H groups in total. The molecule has 1 aliphatic heterocycles. The van der Waals surface area contributed by atoms with Gasteiger partial charge < -0.3 is 19.8 Å². The van der Waals surface area contributed by atoms with Crippen LogP contribution in [-0.4, -0.2) is 42.0 Å². The van der Waals surface area contributed by atoms with E-state index in [9.17, 15) is 0 Å². The number of rotatable bonds is 5. The zero-order valence-corrected chi connectivity index (χ0v) is 11.2. The zero-order chi connectivity index (χ0) is 13.0. The molecule has 0 aliphatic carbocycles. The van der Waals surface area contributed by atoms with Gasteiger partial charge in [-0.1, -0.05) is 13.8 Å². The van der Waals surface area contributed by atoms with Crippen molar-refractivity contribution in [2.24, 2.45) is 11.7 Å². The molecule has 0 saturated carbocycles. The quantitative estimate of drug-likeness (QED) is 0.850. The molecule has 2 rings (SSSR count). The molecular formula is C13H23N3O2. The van der Waals surface area contributed by atoms with Gasteiger partial charge in [0.25, 0.3) is 0 Å². The zero-order valence-electron chi connectivity index (χ0n) is 11.2. The number of aromatic nitrogens is 2. The second-order valence-corrected chi connectivity index (χ2v) is 5.12. The molecule has 2 heterocycles. The average molecular weight is 253 g/mol. The summed E-state index contributed by atoms with van der Waals surface area (Å²) < 4.78 is 13.2. The molecule has 2 atom stereocenters. The van der Waals surface area contributed by atoms with Crippen LogP contribution in [0.2, 0.25) is 0 Å². The Kier molecular flexibility index (Phi) is 4.74. The number of hydrogen-bond donors (Lipinski definition) is 1. The maximum Gasteiger partial charge on any atom is 0.0988 e. The van der Waals surface area contributed by atoms with Gasteiger partial charge in [0.2, 0.25) is 0 Å². The molecule has 1 fully saturated rings. The van der Waals surface area contributed by atoms with Crippen molar-refractivity contribution in [1.82, 2.24) is 9.55 Å². The highest BCUT2D eigenvalue weighted by atomic mass is 16.6. The second kappa shape index (κ2) is 6.31. The van der Waals surface area contributed by atoms with Crippen molar-refractivity contribution < 1.29 is 9.47 Å². The van der Waals surface area contributed by atoms with Gasteiger partial charge in [-0.15, -0.1) is 0 Å². The van der Waals surface area contributed by atoms with Crippen molar-refractivity contribution in [3.05, 3.63) is 18.2 Å². The first-order valence-corrected chi connectivity index (χ1v) is 6.61. The topological polar surface area (TPSA) is 62.3 Å². The van der Waals surface area contributed by atoms with Gasteiger partial charge in [0, 0.05) is 24.4 Å². The minimum Gasteiger partial charge on any atom is -0.376 e. The minimum absolute atomic E-state index is 0.122. The fourth-order valence-electron chi connectivity index (χ4n) is 2.39. The first kappa shape index (κ1) is 13.5. The Morgan fingerprint density at radius 2 is 2.33 bits per heavy atom. The van der Waals surface area contributed by atoms with Crippen molar-refractivity contribution in [2.75, 3.05) is 26.4 Å². The Hall–Kier alpha value is -0.910. The molecule has 0 radical (unpaired) electrons. The van der Waals surface area contributed by atoms with E-state index in [0.717, 1.165) is 6.54 Å². The smallest absolute Gasteiger partial charge is 0.0988 e. The highest BCUT2D eigenvalue weighted by molar-refractivity contribution is 5.08. The van der Waals surface area contributed by atoms with E-state index in [1.54, 1.807) is 0 Å². The Bertz CT molecular complexity index is 359. The Morgan fingerprint density at radius 1 is 1.50 bits per heavy atom. The summed E-state index contributed by atoms with van der Waals surface area (Å²) in [5, 5.41) is 0. The van der Waals surface area contributed by atoms with E-state index in [1.165, 1.54) is 5.69 Å². The van der Waals surface area contributed by atoms with Crippen molar-refractivity contribution in [3.63, 3.8) is 0 Å². The average Bonchev–Trinajstić information content (AvgIpc) is 2.79. The van der Waals surface area contributed by atoms with Crippen molar-refractivity contribution >= 4 is 0 Å². The molecule has 1 aromatic heterocycles. The third-order valence-corrected chi connectivity index (χ3v) is 3.47. The van der Waals surface area contributed by atoms with Gasteiger partial charge in [-0.2, -0.15) is 0 Å². The maximum atomic E-state index is 5.87. The number of ether oxygens (including phenoxy) is 2. The summed E-state index contributed by atoms with van der Waals surface area (Å²) in [6, 6.07) is 0. The van der Waals surface area contributed by atoms with E-state index in [2.05, 4.69) is 23.4 Å². The van der Waals surface area contributed by atoms with Gasteiger partial charge in [0.15, 0.2) is 0 Å². The lowest BCUT2D eigenvalue weighted by molar-refractivity contribution is -0.0938. The van der Waals surface area contributed by atoms with Crippen LogP contribution < -0.4 is 5.73 Å². The Morgan fingerprint density at radius 3 is 2.94 bits per heavy atom. The third-order valence-electron chi connectivity index (χ3n) is 3.47. The van der Waals surface area contributed by atoms with Crippen LogP contribution in [-0.2, 0) is 16.0 Å². The van der Waals surface area contributed by atoms with Crippen LogP contribution in [0.1, 0.15) is 25.5 Å². The van der Waals surface area contributed by atoms with E-state index in [-0.39, 0.29) is 6.10 Å². The lowest BCUT2D eigenvalue weighted by Crippen LogP contribution is -2.33. The Labute approximate surface area is 108 Å². The molecule has 0 spiro atoms. The molecule has 18 heavy (non-hydrogen) atoms. The van der Waals surface area contributed by atoms with E-state index in [1.807, 2.05) is 12.5 Å². The lowest BCUT2D eigenvalue weighted by atomic mass is 9.93. The van der Waals surface area contributed by atoms with E-state index >= 15 is 0 Å². The van der Waals surface area contributed by atoms with Crippen LogP contribution in [0.15, 0.2) is 12.5 Å². The van der Waals surface area contributed by atoms with E-state index in [4.69, 9.17) is 15.2 Å². The van der Waals surface area contributed by atoms with Gasteiger partial charge in [0.05, 0.1) is 38.8 Å². The van der Waals surface area contributed by atoms with Crippen LogP contribution in [0, 0.1) is 5.92 Å². The van der Waals surface area contributed by atoms with Crippen LogP contribution in [0.3, 0.4) is 0 Å². The monoisotopic (exact) mass is 253 g/mol. The molecule has 5 heteroatoms. The van der Waals surface area contributed by atoms with Crippen molar-refractivity contribution in [3.8, 4) is 0 Å². The largest absolute Gasteiger partial charge is 0.376 e. The summed E-state index contributed by atoms with van der Waals surface area (Å²) >= 11 is 0. The fourth-order valence-corrected chi connectivity index (χ4v) is 2.39. The summed E-state index contributed by atoms with van der Waals surface area (Å²) in [6.45, 7) is 7.85. The highest BCUT2D eigenvalue weighted by Crippen LogP contribution is 2.23. The summed E-state index contributed by atoms with van der Waals surface area (Å²) in [5.74, 6) is 0.853. The summed E-state index contributed by atoms with van der Waals surface area (Å²) in [6.07, 6.45) is 3.90. The summed E-state index contributed by atoms with van der Waals surface area (Å²) in [5.41, 5.74) is 7.07. The fraction of sp³-hybridized carbons (Fsp3) is 0.769. The predicted molar refractivity (Wildman–Crippen MR) is 69.4 cm³/mol. The van der Waals surface area contributed by atoms with Crippen molar-refractivity contribution in [1.29, 1.82) is 0 Å². The molecule has 2 unspecified atom stereocenters. The number of nitrogens with two attached hydrogens (primary N) is 1. The second-order valence-electron chi connectivity index (χ2n) is 5.12. The maximum absolute atomic E-state index is 5.87. The van der Waals surface area contributed by atoms with Gasteiger partial charge in [-0.05, 0) is 5.92 Å². The third kappa shape index (κ3) is 3.10. The number of hydrogen-bond acceptors (Lipinski definition) is 4. The minimum atomic E-state index is 0.122. The summed E-state index contributed by atoms with van der Waals surface area (Å²) in [7, 11) is 0. The van der Waals surface area contributed by atoms with Crippen LogP contribution in [0.4, 0.5) is 0 Å². The molecule has 0 bridgehead atoms. The van der Waals surface area contributed by atoms with Crippen LogP contribution in [0.25, 0.3) is 0 Å². The van der Waals surface area contributed by atoms with Crippen LogP contribution in [0.5, 0.6) is 0 Å². The first-order valence-electron chi connectivity index (χ1n) is 6.61. The predicted octanol–water partition coefficient (Wildman–Crippen LogP) is 0.997. The number of imidazole rings is 1. The molecule has 0 amide bonds. The van der Waals surface area contributed by atoms with Gasteiger partial charge in [-0.3, -0.25) is 0 Å². The molecule has 1 saturated heterocycles. The Balaban J connectivity index is 2.06. The SMILES string of the molecule is CC(C)C(CN)c1cncn1CC1COCCO1. The lowest BCUT2D eigenvalue weighted by Gasteiger charge is -2.26. The van der Waals surface area contributed by atoms with E-state index < -0.39 is 0 Å². The normalized spacial score (nSPS) is 22.3. The molecule has 1 aliphatic rings. The molecular weight excluding hydrogens is 230 g/mol.